The van der Waals surface area contributed by atoms with Gasteiger partial charge in [-0.15, -0.1) is 0 Å². The van der Waals surface area contributed by atoms with Gasteiger partial charge < -0.3 is 5.32 Å². The van der Waals surface area contributed by atoms with Crippen LogP contribution < -0.4 is 5.32 Å². The highest BCUT2D eigenvalue weighted by Crippen LogP contribution is 2.22. The first-order valence-corrected chi connectivity index (χ1v) is 7.84. The number of aromatic nitrogens is 1. The number of aryl methyl sites for hydroxylation is 1. The van der Waals surface area contributed by atoms with Crippen molar-refractivity contribution in [3.05, 3.63) is 65.0 Å². The number of hydrogen-bond acceptors (Lipinski definition) is 2. The number of hydrogen-bond donors (Lipinski definition) is 1. The molecule has 0 aliphatic rings. The van der Waals surface area contributed by atoms with Gasteiger partial charge in [-0.2, -0.15) is 0 Å². The Labute approximate surface area is 128 Å². The molecule has 1 heterocycles. The van der Waals surface area contributed by atoms with Crippen LogP contribution >= 0.6 is 0 Å². The van der Waals surface area contributed by atoms with Crippen molar-refractivity contribution in [1.29, 1.82) is 0 Å². The summed E-state index contributed by atoms with van der Waals surface area (Å²) in [4.78, 5) is 4.20. The van der Waals surface area contributed by atoms with Gasteiger partial charge in [-0.3, -0.25) is 4.98 Å². The van der Waals surface area contributed by atoms with Crippen LogP contribution in [0.1, 0.15) is 55.0 Å². The molecule has 0 fully saturated rings. The first-order valence-electron chi connectivity index (χ1n) is 7.84. The van der Waals surface area contributed by atoms with E-state index >= 15 is 0 Å². The van der Waals surface area contributed by atoms with E-state index in [1.54, 1.807) is 0 Å². The van der Waals surface area contributed by atoms with E-state index < -0.39 is 0 Å². The average Bonchev–Trinajstić information content (AvgIpc) is 2.48. The van der Waals surface area contributed by atoms with Crippen LogP contribution in [0.4, 0.5) is 0 Å². The Morgan fingerprint density at radius 3 is 2.38 bits per heavy atom. The molecule has 2 rings (SSSR count). The summed E-state index contributed by atoms with van der Waals surface area (Å²) in [5, 5.41) is 3.60. The summed E-state index contributed by atoms with van der Waals surface area (Å²) >= 11 is 0. The van der Waals surface area contributed by atoms with Crippen molar-refractivity contribution in [2.24, 2.45) is 0 Å². The summed E-state index contributed by atoms with van der Waals surface area (Å²) in [6.07, 6.45) is 4.84. The molecule has 0 saturated carbocycles. The predicted molar refractivity (Wildman–Crippen MR) is 89.6 cm³/mol. The molecule has 0 saturated heterocycles. The molecule has 2 nitrogen and oxygen atoms in total. The minimum absolute atomic E-state index is 0.350. The molecule has 0 spiro atoms. The van der Waals surface area contributed by atoms with E-state index in [-0.39, 0.29) is 0 Å². The number of likely N-dealkylation sites (N-methyl/N-ethyl adjacent to an activating group) is 1. The van der Waals surface area contributed by atoms with Crippen LogP contribution in [0.2, 0.25) is 0 Å². The van der Waals surface area contributed by atoms with Crippen molar-refractivity contribution in [3.63, 3.8) is 0 Å². The molecule has 0 bridgehead atoms. The number of pyridine rings is 1. The van der Waals surface area contributed by atoms with Crippen molar-refractivity contribution < 1.29 is 0 Å². The Balaban J connectivity index is 2.18. The highest BCUT2D eigenvalue weighted by molar-refractivity contribution is 5.30. The minimum atomic E-state index is 0.350. The Kier molecular flexibility index (Phi) is 5.51. The molecule has 0 aliphatic carbocycles. The van der Waals surface area contributed by atoms with Crippen LogP contribution in [0.5, 0.6) is 0 Å². The average molecular weight is 282 g/mol. The van der Waals surface area contributed by atoms with Crippen LogP contribution in [0.25, 0.3) is 0 Å². The Morgan fingerprint density at radius 1 is 1.10 bits per heavy atom. The lowest BCUT2D eigenvalue weighted by Crippen LogP contribution is -2.23. The molecule has 1 unspecified atom stereocenters. The first-order chi connectivity index (χ1) is 10.1. The van der Waals surface area contributed by atoms with Gasteiger partial charge in [-0.25, -0.2) is 0 Å². The Bertz CT molecular complexity index is 558. The fraction of sp³-hybridized carbons (Fsp3) is 0.421. The molecule has 0 amide bonds. The molecule has 2 heteroatoms. The summed E-state index contributed by atoms with van der Waals surface area (Å²) in [5.41, 5.74) is 5.38. The van der Waals surface area contributed by atoms with E-state index in [1.165, 1.54) is 22.3 Å². The topological polar surface area (TPSA) is 24.9 Å². The molecule has 1 atom stereocenters. The van der Waals surface area contributed by atoms with E-state index in [4.69, 9.17) is 0 Å². The monoisotopic (exact) mass is 282 g/mol. The van der Waals surface area contributed by atoms with E-state index in [1.807, 2.05) is 12.4 Å². The van der Waals surface area contributed by atoms with E-state index in [0.717, 1.165) is 13.0 Å². The van der Waals surface area contributed by atoms with Gasteiger partial charge in [0.05, 0.1) is 0 Å². The maximum atomic E-state index is 4.20. The number of nitrogens with one attached hydrogen (secondary N) is 1. The second-order valence-electron chi connectivity index (χ2n) is 5.94. The molecule has 1 aromatic carbocycles. The smallest absolute Gasteiger partial charge is 0.0364 e. The normalized spacial score (nSPS) is 12.6. The standard InChI is InChI=1S/C19H26N2/c1-5-21-19(18-10-11-20-13-15(18)4)12-16-6-8-17(9-7-16)14(2)3/h6-11,13-14,19,21H,5,12H2,1-4H3. The SMILES string of the molecule is CCNC(Cc1ccc(C(C)C)cc1)c1ccncc1C. The zero-order chi connectivity index (χ0) is 15.2. The highest BCUT2D eigenvalue weighted by Gasteiger charge is 2.13. The summed E-state index contributed by atoms with van der Waals surface area (Å²) < 4.78 is 0. The lowest BCUT2D eigenvalue weighted by molar-refractivity contribution is 0.546. The van der Waals surface area contributed by atoms with E-state index in [2.05, 4.69) is 68.3 Å². The summed E-state index contributed by atoms with van der Waals surface area (Å²) in [5.74, 6) is 0.589. The molecular weight excluding hydrogens is 256 g/mol. The largest absolute Gasteiger partial charge is 0.310 e. The lowest BCUT2D eigenvalue weighted by Gasteiger charge is -2.20. The summed E-state index contributed by atoms with van der Waals surface area (Å²) in [6, 6.07) is 11.5. The maximum absolute atomic E-state index is 4.20. The van der Waals surface area contributed by atoms with Crippen molar-refractivity contribution in [2.75, 3.05) is 6.54 Å². The van der Waals surface area contributed by atoms with E-state index in [0.29, 0.717) is 12.0 Å². The van der Waals surface area contributed by atoms with Gasteiger partial charge in [0.1, 0.15) is 0 Å². The predicted octanol–water partition coefficient (Wildman–Crippen LogP) is 4.41. The van der Waals surface area contributed by atoms with Crippen LogP contribution in [0.3, 0.4) is 0 Å². The number of nitrogens with zero attached hydrogens (tertiary/aromatic N) is 1. The van der Waals surface area contributed by atoms with Gasteiger partial charge in [0, 0.05) is 18.4 Å². The Morgan fingerprint density at radius 2 is 1.81 bits per heavy atom. The quantitative estimate of drug-likeness (QED) is 0.849. The van der Waals surface area contributed by atoms with Gasteiger partial charge in [-0.05, 0) is 54.1 Å². The van der Waals surface area contributed by atoms with Crippen molar-refractivity contribution in [2.45, 2.75) is 46.1 Å². The zero-order valence-corrected chi connectivity index (χ0v) is 13.6. The fourth-order valence-electron chi connectivity index (χ4n) is 2.69. The zero-order valence-electron chi connectivity index (χ0n) is 13.6. The van der Waals surface area contributed by atoms with Gasteiger partial charge >= 0.3 is 0 Å². The summed E-state index contributed by atoms with van der Waals surface area (Å²) in [6.45, 7) is 9.73. The Hall–Kier alpha value is -1.67. The van der Waals surface area contributed by atoms with Crippen molar-refractivity contribution in [3.8, 4) is 0 Å². The third-order valence-electron chi connectivity index (χ3n) is 3.98. The van der Waals surface area contributed by atoms with Crippen molar-refractivity contribution >= 4 is 0 Å². The van der Waals surface area contributed by atoms with Crippen LogP contribution in [-0.2, 0) is 6.42 Å². The van der Waals surface area contributed by atoms with E-state index in [9.17, 15) is 0 Å². The molecule has 0 radical (unpaired) electrons. The first kappa shape index (κ1) is 15.7. The van der Waals surface area contributed by atoms with Crippen LogP contribution in [-0.4, -0.2) is 11.5 Å². The second-order valence-corrected chi connectivity index (χ2v) is 5.94. The van der Waals surface area contributed by atoms with Gasteiger partial charge in [0.2, 0.25) is 0 Å². The van der Waals surface area contributed by atoms with Crippen LogP contribution in [0, 0.1) is 6.92 Å². The van der Waals surface area contributed by atoms with Gasteiger partial charge in [0.15, 0.2) is 0 Å². The second kappa shape index (κ2) is 7.37. The summed E-state index contributed by atoms with van der Waals surface area (Å²) in [7, 11) is 0. The van der Waals surface area contributed by atoms with Gasteiger partial charge in [0.25, 0.3) is 0 Å². The highest BCUT2D eigenvalue weighted by atomic mass is 14.9. The molecule has 2 aromatic rings. The van der Waals surface area contributed by atoms with Crippen molar-refractivity contribution in [1.82, 2.24) is 10.3 Å². The molecule has 112 valence electrons. The maximum Gasteiger partial charge on any atom is 0.0364 e. The third kappa shape index (κ3) is 4.15. The fourth-order valence-corrected chi connectivity index (χ4v) is 2.69. The molecular formula is C19H26N2. The number of rotatable bonds is 6. The minimum Gasteiger partial charge on any atom is -0.310 e. The molecule has 1 aromatic heterocycles. The van der Waals surface area contributed by atoms with Crippen LogP contribution in [0.15, 0.2) is 42.7 Å². The number of benzene rings is 1. The van der Waals surface area contributed by atoms with Gasteiger partial charge in [-0.1, -0.05) is 45.0 Å². The third-order valence-corrected chi connectivity index (χ3v) is 3.98. The molecule has 1 N–H and O–H groups in total. The molecule has 21 heavy (non-hydrogen) atoms. The molecule has 0 aliphatic heterocycles. The lowest BCUT2D eigenvalue weighted by atomic mass is 9.94.